The Morgan fingerprint density at radius 3 is 2.56 bits per heavy atom. The molecular formula is C12H24N2O2. The van der Waals surface area contributed by atoms with E-state index in [1.54, 1.807) is 0 Å². The van der Waals surface area contributed by atoms with Crippen LogP contribution in [-0.4, -0.2) is 48.7 Å². The predicted molar refractivity (Wildman–Crippen MR) is 64.3 cm³/mol. The first-order valence-corrected chi connectivity index (χ1v) is 5.97. The minimum absolute atomic E-state index is 0.199. The van der Waals surface area contributed by atoms with Crippen LogP contribution in [0.1, 0.15) is 34.1 Å². The van der Waals surface area contributed by atoms with Crippen molar-refractivity contribution < 1.29 is 9.53 Å². The molecule has 1 heterocycles. The van der Waals surface area contributed by atoms with Gasteiger partial charge in [0.05, 0.1) is 7.11 Å². The van der Waals surface area contributed by atoms with Crippen molar-refractivity contribution in [1.82, 2.24) is 10.2 Å². The van der Waals surface area contributed by atoms with Crippen LogP contribution >= 0.6 is 0 Å². The Balaban J connectivity index is 2.47. The summed E-state index contributed by atoms with van der Waals surface area (Å²) in [5.74, 6) is -0.199. The zero-order valence-corrected chi connectivity index (χ0v) is 11.0. The van der Waals surface area contributed by atoms with Gasteiger partial charge in [0.1, 0.15) is 5.54 Å². The molecule has 0 aliphatic carbocycles. The molecule has 1 unspecified atom stereocenters. The molecule has 0 aromatic carbocycles. The van der Waals surface area contributed by atoms with Gasteiger partial charge < -0.3 is 4.74 Å². The van der Waals surface area contributed by atoms with Crippen LogP contribution < -0.4 is 5.32 Å². The van der Waals surface area contributed by atoms with E-state index in [1.165, 1.54) is 7.11 Å². The third kappa shape index (κ3) is 3.19. The topological polar surface area (TPSA) is 41.6 Å². The van der Waals surface area contributed by atoms with E-state index in [-0.39, 0.29) is 5.97 Å². The first-order chi connectivity index (χ1) is 7.36. The maximum atomic E-state index is 11.5. The number of hydrogen-bond donors (Lipinski definition) is 1. The van der Waals surface area contributed by atoms with Gasteiger partial charge in [-0.1, -0.05) is 0 Å². The third-order valence-electron chi connectivity index (χ3n) is 3.21. The third-order valence-corrected chi connectivity index (χ3v) is 3.21. The molecule has 1 aliphatic rings. The van der Waals surface area contributed by atoms with Crippen LogP contribution in [0.2, 0.25) is 0 Å². The van der Waals surface area contributed by atoms with Gasteiger partial charge in [-0.25, -0.2) is 0 Å². The second-order valence-electron chi connectivity index (χ2n) is 5.34. The Kier molecular flexibility index (Phi) is 4.33. The van der Waals surface area contributed by atoms with Gasteiger partial charge in [0.25, 0.3) is 0 Å². The fourth-order valence-corrected chi connectivity index (χ4v) is 2.20. The molecule has 1 rings (SSSR count). The van der Waals surface area contributed by atoms with Gasteiger partial charge in [0.15, 0.2) is 0 Å². The Morgan fingerprint density at radius 2 is 2.12 bits per heavy atom. The lowest BCUT2D eigenvalue weighted by atomic mass is 10.0. The molecule has 1 atom stereocenters. The summed E-state index contributed by atoms with van der Waals surface area (Å²) >= 11 is 0. The molecule has 0 spiro atoms. The normalized spacial score (nSPS) is 22.8. The van der Waals surface area contributed by atoms with Gasteiger partial charge in [-0.05, 0) is 40.7 Å². The SMILES string of the molecule is COC(=O)C(C)(C)NC1CCN(C(C)C)C1. The lowest BCUT2D eigenvalue weighted by Gasteiger charge is -2.28. The number of methoxy groups -OCH3 is 1. The zero-order chi connectivity index (χ0) is 12.3. The first kappa shape index (κ1) is 13.5. The molecule has 0 aromatic heterocycles. The van der Waals surface area contributed by atoms with Crippen LogP contribution in [0, 0.1) is 0 Å². The average Bonchev–Trinajstić information content (AvgIpc) is 2.64. The highest BCUT2D eigenvalue weighted by molar-refractivity contribution is 5.79. The maximum Gasteiger partial charge on any atom is 0.325 e. The van der Waals surface area contributed by atoms with Crippen LogP contribution in [0.5, 0.6) is 0 Å². The number of ether oxygens (including phenoxy) is 1. The van der Waals surface area contributed by atoms with Crippen LogP contribution in [0.4, 0.5) is 0 Å². The quantitative estimate of drug-likeness (QED) is 0.729. The smallest absolute Gasteiger partial charge is 0.325 e. The molecule has 1 aliphatic heterocycles. The van der Waals surface area contributed by atoms with Crippen molar-refractivity contribution in [3.05, 3.63) is 0 Å². The fraction of sp³-hybridized carbons (Fsp3) is 0.917. The largest absolute Gasteiger partial charge is 0.468 e. The van der Waals surface area contributed by atoms with Gasteiger partial charge in [0.2, 0.25) is 0 Å². The second kappa shape index (κ2) is 5.15. The van der Waals surface area contributed by atoms with Gasteiger partial charge >= 0.3 is 5.97 Å². The molecule has 4 heteroatoms. The van der Waals surface area contributed by atoms with Gasteiger partial charge in [-0.2, -0.15) is 0 Å². The molecule has 94 valence electrons. The number of rotatable bonds is 4. The molecule has 0 aromatic rings. The highest BCUT2D eigenvalue weighted by Gasteiger charge is 2.34. The molecule has 1 N–H and O–H groups in total. The van der Waals surface area contributed by atoms with Crippen molar-refractivity contribution in [1.29, 1.82) is 0 Å². The van der Waals surface area contributed by atoms with E-state index in [0.29, 0.717) is 12.1 Å². The molecule has 0 radical (unpaired) electrons. The number of carbonyl (C=O) groups is 1. The summed E-state index contributed by atoms with van der Waals surface area (Å²) in [4.78, 5) is 14.0. The summed E-state index contributed by atoms with van der Waals surface area (Å²) in [7, 11) is 1.43. The Hall–Kier alpha value is -0.610. The molecule has 0 bridgehead atoms. The summed E-state index contributed by atoms with van der Waals surface area (Å²) in [6.07, 6.45) is 1.10. The average molecular weight is 228 g/mol. The van der Waals surface area contributed by atoms with Gasteiger partial charge in [-0.3, -0.25) is 15.0 Å². The molecule has 0 amide bonds. The van der Waals surface area contributed by atoms with E-state index in [9.17, 15) is 4.79 Å². The van der Waals surface area contributed by atoms with Crippen LogP contribution in [0.15, 0.2) is 0 Å². The van der Waals surface area contributed by atoms with Crippen molar-refractivity contribution in [3.8, 4) is 0 Å². The monoisotopic (exact) mass is 228 g/mol. The second-order valence-corrected chi connectivity index (χ2v) is 5.34. The van der Waals surface area contributed by atoms with Crippen molar-refractivity contribution in [2.75, 3.05) is 20.2 Å². The van der Waals surface area contributed by atoms with Crippen LogP contribution in [-0.2, 0) is 9.53 Å². The van der Waals surface area contributed by atoms with Crippen LogP contribution in [0.3, 0.4) is 0 Å². The highest BCUT2D eigenvalue weighted by Crippen LogP contribution is 2.16. The van der Waals surface area contributed by atoms with E-state index in [1.807, 2.05) is 13.8 Å². The Bertz CT molecular complexity index is 251. The van der Waals surface area contributed by atoms with Crippen molar-refractivity contribution in [3.63, 3.8) is 0 Å². The van der Waals surface area contributed by atoms with Gasteiger partial charge in [0, 0.05) is 18.6 Å². The Labute approximate surface area is 98.3 Å². The van der Waals surface area contributed by atoms with E-state index in [4.69, 9.17) is 4.74 Å². The van der Waals surface area contributed by atoms with E-state index < -0.39 is 5.54 Å². The van der Waals surface area contributed by atoms with Gasteiger partial charge in [-0.15, -0.1) is 0 Å². The molecule has 4 nitrogen and oxygen atoms in total. The number of nitrogens with one attached hydrogen (secondary N) is 1. The Morgan fingerprint density at radius 1 is 1.50 bits per heavy atom. The number of hydrogen-bond acceptors (Lipinski definition) is 4. The molecule has 16 heavy (non-hydrogen) atoms. The predicted octanol–water partition coefficient (Wildman–Crippen LogP) is 1.01. The molecule has 1 saturated heterocycles. The summed E-state index contributed by atoms with van der Waals surface area (Å²) in [5.41, 5.74) is -0.591. The molecule has 0 saturated carbocycles. The number of carbonyl (C=O) groups excluding carboxylic acids is 1. The van der Waals surface area contributed by atoms with Crippen molar-refractivity contribution in [2.45, 2.75) is 51.7 Å². The van der Waals surface area contributed by atoms with Crippen molar-refractivity contribution in [2.24, 2.45) is 0 Å². The highest BCUT2D eigenvalue weighted by atomic mass is 16.5. The molecule has 1 fully saturated rings. The van der Waals surface area contributed by atoms with E-state index in [0.717, 1.165) is 19.5 Å². The lowest BCUT2D eigenvalue weighted by molar-refractivity contribution is -0.147. The standard InChI is InChI=1S/C12H24N2O2/c1-9(2)14-7-6-10(8-14)13-12(3,4)11(15)16-5/h9-10,13H,6-8H2,1-5H3. The van der Waals surface area contributed by atoms with Crippen molar-refractivity contribution >= 4 is 5.97 Å². The number of likely N-dealkylation sites (tertiary alicyclic amines) is 1. The number of nitrogens with zero attached hydrogens (tertiary/aromatic N) is 1. The minimum Gasteiger partial charge on any atom is -0.468 e. The fourth-order valence-electron chi connectivity index (χ4n) is 2.20. The maximum absolute atomic E-state index is 11.5. The van der Waals surface area contributed by atoms with E-state index in [2.05, 4.69) is 24.1 Å². The van der Waals surface area contributed by atoms with Crippen LogP contribution in [0.25, 0.3) is 0 Å². The summed E-state index contributed by atoms with van der Waals surface area (Å²) in [6, 6.07) is 0.963. The zero-order valence-electron chi connectivity index (χ0n) is 11.0. The summed E-state index contributed by atoms with van der Waals surface area (Å²) in [5, 5.41) is 3.37. The van der Waals surface area contributed by atoms with E-state index >= 15 is 0 Å². The number of esters is 1. The molecular weight excluding hydrogens is 204 g/mol. The summed E-state index contributed by atoms with van der Waals surface area (Å²) < 4.78 is 4.78. The lowest BCUT2D eigenvalue weighted by Crippen LogP contribution is -2.53. The summed E-state index contributed by atoms with van der Waals surface area (Å²) in [6.45, 7) is 10.3. The first-order valence-electron chi connectivity index (χ1n) is 5.97. The minimum atomic E-state index is -0.591.